The summed E-state index contributed by atoms with van der Waals surface area (Å²) in [5.74, 6) is 2.05. The predicted octanol–water partition coefficient (Wildman–Crippen LogP) is 5.07. The highest BCUT2D eigenvalue weighted by Gasteiger charge is 2.14. The Bertz CT molecular complexity index is 1320. The Balaban J connectivity index is 1.67. The predicted molar refractivity (Wildman–Crippen MR) is 122 cm³/mol. The molecule has 5 rings (SSSR count). The number of benzene rings is 2. The first-order chi connectivity index (χ1) is 15.3. The highest BCUT2D eigenvalue weighted by molar-refractivity contribution is 6.02. The number of aryl methyl sites for hydroxylation is 1. The van der Waals surface area contributed by atoms with Gasteiger partial charge < -0.3 is 5.32 Å². The summed E-state index contributed by atoms with van der Waals surface area (Å²) in [4.78, 5) is 22.7. The van der Waals surface area contributed by atoms with E-state index in [1.165, 1.54) is 0 Å². The molecule has 0 spiro atoms. The fraction of sp³-hybridized carbons (Fsp3) is 0.0800. The van der Waals surface area contributed by atoms with Gasteiger partial charge in [-0.05, 0) is 36.2 Å². The maximum absolute atomic E-state index is 4.87. The Morgan fingerprint density at radius 1 is 0.742 bits per heavy atom. The molecule has 6 nitrogen and oxygen atoms in total. The lowest BCUT2D eigenvalue weighted by molar-refractivity contribution is 1.02. The molecule has 0 aliphatic heterocycles. The Hall–Kier alpha value is -4.19. The quantitative estimate of drug-likeness (QED) is 0.441. The average Bonchev–Trinajstić information content (AvgIpc) is 2.83. The molecule has 0 fully saturated rings. The zero-order chi connectivity index (χ0) is 21.0. The van der Waals surface area contributed by atoms with Gasteiger partial charge in [-0.2, -0.15) is 0 Å². The van der Waals surface area contributed by atoms with Crippen molar-refractivity contribution in [3.05, 3.63) is 96.8 Å². The molecule has 0 amide bonds. The van der Waals surface area contributed by atoms with Crippen molar-refractivity contribution in [1.82, 2.24) is 24.9 Å². The van der Waals surface area contributed by atoms with Gasteiger partial charge in [0.2, 0.25) is 0 Å². The molecule has 0 saturated heterocycles. The average molecular weight is 404 g/mol. The molecule has 3 aromatic heterocycles. The molecule has 0 radical (unpaired) electrons. The highest BCUT2D eigenvalue weighted by atomic mass is 15.0. The molecular weight excluding hydrogens is 384 g/mol. The molecule has 0 aliphatic rings. The highest BCUT2D eigenvalue weighted by Crippen LogP contribution is 2.33. The van der Waals surface area contributed by atoms with Gasteiger partial charge in [0, 0.05) is 18.6 Å². The number of rotatable bonds is 5. The summed E-state index contributed by atoms with van der Waals surface area (Å²) in [6, 6.07) is 22.3. The summed E-state index contributed by atoms with van der Waals surface area (Å²) in [6.45, 7) is 2.41. The molecular formula is C25H20N6. The second-order valence-corrected chi connectivity index (χ2v) is 7.16. The maximum atomic E-state index is 4.87. The molecule has 150 valence electrons. The number of pyridine rings is 1. The summed E-state index contributed by atoms with van der Waals surface area (Å²) in [5, 5.41) is 4.45. The fourth-order valence-corrected chi connectivity index (χ4v) is 3.48. The Kier molecular flexibility index (Phi) is 5.02. The van der Waals surface area contributed by atoms with E-state index in [4.69, 9.17) is 9.97 Å². The third-order valence-corrected chi connectivity index (χ3v) is 5.01. The van der Waals surface area contributed by atoms with Crippen molar-refractivity contribution < 1.29 is 0 Å². The lowest BCUT2D eigenvalue weighted by atomic mass is 10.0. The van der Waals surface area contributed by atoms with Gasteiger partial charge in [0.25, 0.3) is 0 Å². The standard InChI is InChI=1S/C25H20N6/c1-17-27-14-19(15-28-17)24-30-22-12-7-11-21(18-8-3-2-4-9-18)23(22)25(31-24)29-16-20-10-5-6-13-26-20/h2-15H,16H2,1H3,(H,29,30,31). The van der Waals surface area contributed by atoms with Crippen molar-refractivity contribution in [2.24, 2.45) is 0 Å². The van der Waals surface area contributed by atoms with E-state index >= 15 is 0 Å². The number of fused-ring (bicyclic) bond motifs is 1. The molecule has 0 atom stereocenters. The van der Waals surface area contributed by atoms with E-state index in [2.05, 4.69) is 38.5 Å². The lowest BCUT2D eigenvalue weighted by Gasteiger charge is -2.14. The molecule has 3 heterocycles. The maximum Gasteiger partial charge on any atom is 0.165 e. The molecule has 5 aromatic rings. The summed E-state index contributed by atoms with van der Waals surface area (Å²) in [6.07, 6.45) is 5.31. The van der Waals surface area contributed by atoms with E-state index in [1.54, 1.807) is 18.6 Å². The van der Waals surface area contributed by atoms with Crippen LogP contribution in [0.15, 0.2) is 85.3 Å². The second-order valence-electron chi connectivity index (χ2n) is 7.16. The second kappa shape index (κ2) is 8.28. The fourth-order valence-electron chi connectivity index (χ4n) is 3.48. The van der Waals surface area contributed by atoms with Crippen LogP contribution in [0.3, 0.4) is 0 Å². The summed E-state index contributed by atoms with van der Waals surface area (Å²) < 4.78 is 0. The Morgan fingerprint density at radius 2 is 1.55 bits per heavy atom. The van der Waals surface area contributed by atoms with Crippen LogP contribution >= 0.6 is 0 Å². The molecule has 6 heteroatoms. The van der Waals surface area contributed by atoms with Crippen molar-refractivity contribution in [1.29, 1.82) is 0 Å². The molecule has 0 bridgehead atoms. The van der Waals surface area contributed by atoms with Crippen LogP contribution in [0.5, 0.6) is 0 Å². The Labute approximate surface area is 180 Å². The van der Waals surface area contributed by atoms with Crippen molar-refractivity contribution >= 4 is 16.7 Å². The third-order valence-electron chi connectivity index (χ3n) is 5.01. The molecule has 0 saturated carbocycles. The third kappa shape index (κ3) is 3.96. The smallest absolute Gasteiger partial charge is 0.165 e. The van der Waals surface area contributed by atoms with Crippen LogP contribution in [-0.4, -0.2) is 24.9 Å². The zero-order valence-electron chi connectivity index (χ0n) is 17.0. The normalized spacial score (nSPS) is 10.9. The van der Waals surface area contributed by atoms with Gasteiger partial charge >= 0.3 is 0 Å². The van der Waals surface area contributed by atoms with Crippen LogP contribution in [0, 0.1) is 6.92 Å². The van der Waals surface area contributed by atoms with Crippen LogP contribution in [0.1, 0.15) is 11.5 Å². The summed E-state index contributed by atoms with van der Waals surface area (Å²) in [5.41, 5.74) is 4.76. The minimum absolute atomic E-state index is 0.555. The molecule has 0 unspecified atom stereocenters. The van der Waals surface area contributed by atoms with Crippen molar-refractivity contribution in [2.45, 2.75) is 13.5 Å². The van der Waals surface area contributed by atoms with Crippen LogP contribution in [0.25, 0.3) is 33.4 Å². The zero-order valence-corrected chi connectivity index (χ0v) is 17.0. The van der Waals surface area contributed by atoms with Crippen LogP contribution in [-0.2, 0) is 6.54 Å². The van der Waals surface area contributed by atoms with Crippen molar-refractivity contribution in [3.8, 4) is 22.5 Å². The van der Waals surface area contributed by atoms with Crippen LogP contribution in [0.2, 0.25) is 0 Å². The van der Waals surface area contributed by atoms with E-state index in [1.807, 2.05) is 55.5 Å². The van der Waals surface area contributed by atoms with E-state index in [9.17, 15) is 0 Å². The van der Waals surface area contributed by atoms with Gasteiger partial charge in [-0.1, -0.05) is 48.5 Å². The van der Waals surface area contributed by atoms with Gasteiger partial charge in [-0.3, -0.25) is 4.98 Å². The van der Waals surface area contributed by atoms with Crippen LogP contribution in [0.4, 0.5) is 5.82 Å². The first-order valence-corrected chi connectivity index (χ1v) is 10.1. The number of hydrogen-bond donors (Lipinski definition) is 1. The van der Waals surface area contributed by atoms with E-state index in [0.717, 1.165) is 39.1 Å². The molecule has 2 aromatic carbocycles. The van der Waals surface area contributed by atoms with Gasteiger partial charge in [0.15, 0.2) is 5.82 Å². The van der Waals surface area contributed by atoms with Crippen molar-refractivity contribution in [2.75, 3.05) is 5.32 Å². The number of nitrogens with one attached hydrogen (secondary N) is 1. The van der Waals surface area contributed by atoms with Gasteiger partial charge in [0.1, 0.15) is 11.6 Å². The molecule has 31 heavy (non-hydrogen) atoms. The van der Waals surface area contributed by atoms with E-state index in [-0.39, 0.29) is 0 Å². The largest absolute Gasteiger partial charge is 0.364 e. The molecule has 0 aliphatic carbocycles. The lowest BCUT2D eigenvalue weighted by Crippen LogP contribution is -2.06. The summed E-state index contributed by atoms with van der Waals surface area (Å²) in [7, 11) is 0. The van der Waals surface area contributed by atoms with Crippen molar-refractivity contribution in [3.63, 3.8) is 0 Å². The minimum atomic E-state index is 0.555. The monoisotopic (exact) mass is 404 g/mol. The van der Waals surface area contributed by atoms with Crippen LogP contribution < -0.4 is 5.32 Å². The SMILES string of the molecule is Cc1ncc(-c2nc(NCc3ccccn3)c3c(-c4ccccc4)cccc3n2)cn1. The number of aromatic nitrogens is 5. The van der Waals surface area contributed by atoms with Gasteiger partial charge in [-0.25, -0.2) is 19.9 Å². The topological polar surface area (TPSA) is 76.5 Å². The first kappa shape index (κ1) is 18.8. The first-order valence-electron chi connectivity index (χ1n) is 10.1. The minimum Gasteiger partial charge on any atom is -0.364 e. The number of nitrogens with zero attached hydrogens (tertiary/aromatic N) is 5. The molecule has 1 N–H and O–H groups in total. The van der Waals surface area contributed by atoms with E-state index in [0.29, 0.717) is 18.2 Å². The number of anilines is 1. The Morgan fingerprint density at radius 3 is 2.32 bits per heavy atom. The van der Waals surface area contributed by atoms with Gasteiger partial charge in [0.05, 0.1) is 28.7 Å². The number of hydrogen-bond acceptors (Lipinski definition) is 6. The van der Waals surface area contributed by atoms with Gasteiger partial charge in [-0.15, -0.1) is 0 Å². The van der Waals surface area contributed by atoms with E-state index < -0.39 is 0 Å². The summed E-state index contributed by atoms with van der Waals surface area (Å²) >= 11 is 0.